The normalized spacial score (nSPS) is 13.0. The van der Waals surface area contributed by atoms with Gasteiger partial charge in [0, 0.05) is 71.9 Å². The summed E-state index contributed by atoms with van der Waals surface area (Å²) in [6.45, 7) is 4.71. The molecule has 1 aliphatic carbocycles. The number of furan rings is 1. The molecule has 10 aromatic carbocycles. The van der Waals surface area contributed by atoms with Crippen molar-refractivity contribution in [2.75, 3.05) is 0 Å². The molecule has 338 valence electrons. The Morgan fingerprint density at radius 2 is 0.889 bits per heavy atom. The lowest BCUT2D eigenvalue weighted by atomic mass is 9.82. The molecular weight excluding hydrogens is 879 g/mol. The van der Waals surface area contributed by atoms with Crippen LogP contribution in [0.3, 0.4) is 0 Å². The lowest BCUT2D eigenvalue weighted by Crippen LogP contribution is -2.14. The number of aromatic nitrogens is 5. The second-order valence-corrected chi connectivity index (χ2v) is 19.6. The summed E-state index contributed by atoms with van der Waals surface area (Å²) in [6, 6.07) is 80.3. The van der Waals surface area contributed by atoms with Gasteiger partial charge in [0.05, 0.1) is 22.1 Å². The molecule has 0 bridgehead atoms. The molecule has 0 atom stereocenters. The van der Waals surface area contributed by atoms with Crippen LogP contribution in [0.15, 0.2) is 229 Å². The highest BCUT2D eigenvalue weighted by atomic mass is 16.3. The summed E-state index contributed by atoms with van der Waals surface area (Å²) in [4.78, 5) is 15.2. The minimum atomic E-state index is -0.177. The van der Waals surface area contributed by atoms with Crippen molar-refractivity contribution in [3.8, 4) is 67.8 Å². The Hall–Kier alpha value is -9.39. The zero-order chi connectivity index (χ0) is 47.7. The van der Waals surface area contributed by atoms with Crippen LogP contribution in [0.4, 0.5) is 0 Å². The van der Waals surface area contributed by atoms with Gasteiger partial charge >= 0.3 is 0 Å². The van der Waals surface area contributed by atoms with E-state index in [-0.39, 0.29) is 5.41 Å². The van der Waals surface area contributed by atoms with E-state index in [4.69, 9.17) is 19.4 Å². The van der Waals surface area contributed by atoms with Crippen LogP contribution in [0.1, 0.15) is 25.0 Å². The van der Waals surface area contributed by atoms with Crippen molar-refractivity contribution >= 4 is 65.6 Å². The number of para-hydroxylation sites is 2. The average Bonchev–Trinajstić information content (AvgIpc) is 4.14. The summed E-state index contributed by atoms with van der Waals surface area (Å²) >= 11 is 0. The fourth-order valence-electron chi connectivity index (χ4n) is 11.7. The maximum absolute atomic E-state index is 6.46. The van der Waals surface area contributed by atoms with E-state index in [1.165, 1.54) is 43.8 Å². The maximum Gasteiger partial charge on any atom is 0.164 e. The number of fused-ring (bicyclic) bond motifs is 12. The highest BCUT2D eigenvalue weighted by Gasteiger charge is 2.36. The van der Waals surface area contributed by atoms with Crippen LogP contribution in [0.2, 0.25) is 0 Å². The molecule has 0 fully saturated rings. The van der Waals surface area contributed by atoms with E-state index < -0.39 is 0 Å². The number of hydrogen-bond acceptors (Lipinski definition) is 4. The standard InChI is InChI=1S/C66H43N5O/c1-66(2)55-27-14-12-25-47(55)50-36-53-51-34-42(43-29-31-48-52-37-54-49-26-13-15-28-61(49)72-62(54)39-60(52)70(58(48)35-43)45-22-10-5-11-23-45)30-32-57(51)71(59(53)38-56(50)66)46-24-16-21-44(33-46)65-68-63(40-17-6-3-7-18-40)67-64(69-65)41-19-8-4-9-20-41/h3-39H,1-2H3. The smallest absolute Gasteiger partial charge is 0.164 e. The third-order valence-corrected chi connectivity index (χ3v) is 15.1. The van der Waals surface area contributed by atoms with Gasteiger partial charge in [-0.3, -0.25) is 0 Å². The first kappa shape index (κ1) is 40.5. The Morgan fingerprint density at radius 1 is 0.319 bits per heavy atom. The first-order valence-corrected chi connectivity index (χ1v) is 24.6. The first-order valence-electron chi connectivity index (χ1n) is 24.6. The molecule has 0 aliphatic heterocycles. The highest BCUT2D eigenvalue weighted by molar-refractivity contribution is 6.18. The van der Waals surface area contributed by atoms with Gasteiger partial charge in [0.1, 0.15) is 11.2 Å². The van der Waals surface area contributed by atoms with E-state index in [2.05, 4.69) is 205 Å². The van der Waals surface area contributed by atoms with Crippen molar-refractivity contribution in [3.63, 3.8) is 0 Å². The minimum absolute atomic E-state index is 0.177. The third kappa shape index (κ3) is 6.05. The predicted octanol–water partition coefficient (Wildman–Crippen LogP) is 16.9. The molecule has 0 amide bonds. The van der Waals surface area contributed by atoms with E-state index in [1.54, 1.807) is 0 Å². The number of rotatable bonds is 6. The lowest BCUT2D eigenvalue weighted by Gasteiger charge is -2.21. The van der Waals surface area contributed by atoms with Gasteiger partial charge in [-0.05, 0) is 100 Å². The molecule has 14 aromatic rings. The van der Waals surface area contributed by atoms with Gasteiger partial charge in [-0.1, -0.05) is 166 Å². The summed E-state index contributed by atoms with van der Waals surface area (Å²) < 4.78 is 11.3. The fourth-order valence-corrected chi connectivity index (χ4v) is 11.7. The lowest BCUT2D eigenvalue weighted by molar-refractivity contribution is 0.661. The topological polar surface area (TPSA) is 61.7 Å². The van der Waals surface area contributed by atoms with Crippen LogP contribution in [0.5, 0.6) is 0 Å². The molecule has 15 rings (SSSR count). The number of nitrogens with zero attached hydrogens (tertiary/aromatic N) is 5. The molecule has 4 aromatic heterocycles. The zero-order valence-electron chi connectivity index (χ0n) is 39.5. The van der Waals surface area contributed by atoms with Gasteiger partial charge in [-0.25, -0.2) is 15.0 Å². The van der Waals surface area contributed by atoms with Gasteiger partial charge in [-0.15, -0.1) is 0 Å². The number of hydrogen-bond donors (Lipinski definition) is 0. The predicted molar refractivity (Wildman–Crippen MR) is 295 cm³/mol. The van der Waals surface area contributed by atoms with Crippen molar-refractivity contribution in [1.29, 1.82) is 0 Å². The zero-order valence-corrected chi connectivity index (χ0v) is 39.5. The Labute approximate surface area is 414 Å². The Kier molecular flexibility index (Phi) is 8.61. The molecule has 0 radical (unpaired) electrons. The second kappa shape index (κ2) is 15.3. The van der Waals surface area contributed by atoms with Crippen LogP contribution < -0.4 is 0 Å². The SMILES string of the molecule is CC1(C)c2ccccc2-c2cc3c4cc(-c5ccc6c7cc8c(cc7n(-c7ccccc7)c6c5)oc5ccccc58)ccc4n(-c4cccc(-c5nc(-c6ccccc6)nc(-c6ccccc6)n5)c4)c3cc21. The van der Waals surface area contributed by atoms with E-state index in [0.717, 1.165) is 83.2 Å². The molecule has 72 heavy (non-hydrogen) atoms. The van der Waals surface area contributed by atoms with Crippen LogP contribution in [-0.2, 0) is 5.41 Å². The largest absolute Gasteiger partial charge is 0.456 e. The van der Waals surface area contributed by atoms with E-state index >= 15 is 0 Å². The molecule has 6 heteroatoms. The summed E-state index contributed by atoms with van der Waals surface area (Å²) in [5.41, 5.74) is 18.6. The van der Waals surface area contributed by atoms with Gasteiger partial charge in [0.2, 0.25) is 0 Å². The highest BCUT2D eigenvalue weighted by Crippen LogP contribution is 2.51. The first-order chi connectivity index (χ1) is 35.4. The molecule has 4 heterocycles. The van der Waals surface area contributed by atoms with E-state index in [0.29, 0.717) is 17.5 Å². The summed E-state index contributed by atoms with van der Waals surface area (Å²) in [6.07, 6.45) is 0. The van der Waals surface area contributed by atoms with Gasteiger partial charge in [-0.2, -0.15) is 0 Å². The van der Waals surface area contributed by atoms with Crippen molar-refractivity contribution in [2.45, 2.75) is 19.3 Å². The van der Waals surface area contributed by atoms with Crippen LogP contribution in [0.25, 0.3) is 133 Å². The summed E-state index contributed by atoms with van der Waals surface area (Å²) in [7, 11) is 0. The van der Waals surface area contributed by atoms with Gasteiger partial charge < -0.3 is 13.6 Å². The number of benzene rings is 10. The van der Waals surface area contributed by atoms with Gasteiger partial charge in [0.15, 0.2) is 17.5 Å². The van der Waals surface area contributed by atoms with Crippen molar-refractivity contribution in [1.82, 2.24) is 24.1 Å². The van der Waals surface area contributed by atoms with Crippen molar-refractivity contribution in [3.05, 3.63) is 236 Å². The molecule has 0 spiro atoms. The molecule has 1 aliphatic rings. The molecule has 0 saturated carbocycles. The van der Waals surface area contributed by atoms with E-state index in [9.17, 15) is 0 Å². The van der Waals surface area contributed by atoms with Gasteiger partial charge in [0.25, 0.3) is 0 Å². The third-order valence-electron chi connectivity index (χ3n) is 15.1. The Balaban J connectivity index is 0.941. The average molecular weight is 922 g/mol. The van der Waals surface area contributed by atoms with Crippen LogP contribution in [0, 0.1) is 0 Å². The fraction of sp³-hybridized carbons (Fsp3) is 0.0455. The summed E-state index contributed by atoms with van der Waals surface area (Å²) in [5, 5.41) is 7.04. The van der Waals surface area contributed by atoms with E-state index in [1.807, 2.05) is 42.5 Å². The quantitative estimate of drug-likeness (QED) is 0.167. The van der Waals surface area contributed by atoms with Crippen molar-refractivity contribution < 1.29 is 4.42 Å². The minimum Gasteiger partial charge on any atom is -0.456 e. The molecule has 0 saturated heterocycles. The Bertz CT molecular complexity index is 4470. The van der Waals surface area contributed by atoms with Crippen molar-refractivity contribution in [2.24, 2.45) is 0 Å². The molecule has 6 nitrogen and oxygen atoms in total. The maximum atomic E-state index is 6.46. The van der Waals surface area contributed by atoms with Crippen LogP contribution >= 0.6 is 0 Å². The molecular formula is C66H43N5O. The molecule has 0 N–H and O–H groups in total. The summed E-state index contributed by atoms with van der Waals surface area (Å²) in [5.74, 6) is 1.89. The molecule has 0 unspecified atom stereocenters. The second-order valence-electron chi connectivity index (χ2n) is 19.6. The Morgan fingerprint density at radius 3 is 1.67 bits per heavy atom. The van der Waals surface area contributed by atoms with Crippen LogP contribution in [-0.4, -0.2) is 24.1 Å². The monoisotopic (exact) mass is 921 g/mol.